The highest BCUT2D eigenvalue weighted by atomic mass is 32.2. The summed E-state index contributed by atoms with van der Waals surface area (Å²) in [6, 6.07) is 9.64. The first-order valence-corrected chi connectivity index (χ1v) is 11.1. The Bertz CT molecular complexity index is 827. The standard InChI is InChI=1S/C20H26N2O4S/c1-20(11-14-27(25,26)15-20)21-19(24)17-9-12-22(13-10-17)18(23)8-7-16-5-3-2-4-6-16/h2-8,17H,9-15H2,1H3,(H,21,24)/b8-7+/t20-/m1/s1. The molecule has 1 N–H and O–H groups in total. The van der Waals surface area contributed by atoms with E-state index >= 15 is 0 Å². The van der Waals surface area contributed by atoms with Crippen LogP contribution in [0, 0.1) is 5.92 Å². The lowest BCUT2D eigenvalue weighted by atomic mass is 9.93. The Morgan fingerprint density at radius 2 is 1.85 bits per heavy atom. The molecular formula is C20H26N2O4S. The summed E-state index contributed by atoms with van der Waals surface area (Å²) in [6.45, 7) is 2.86. The summed E-state index contributed by atoms with van der Waals surface area (Å²) in [7, 11) is -3.05. The average Bonchev–Trinajstić information content (AvgIpc) is 2.93. The molecule has 1 aromatic carbocycles. The number of carbonyl (C=O) groups excluding carboxylic acids is 2. The van der Waals surface area contributed by atoms with Crippen molar-refractivity contribution in [2.75, 3.05) is 24.6 Å². The Balaban J connectivity index is 1.49. The lowest BCUT2D eigenvalue weighted by Gasteiger charge is -2.33. The zero-order chi connectivity index (χ0) is 19.5. The van der Waals surface area contributed by atoms with Crippen molar-refractivity contribution in [1.82, 2.24) is 10.2 Å². The molecule has 6 nitrogen and oxygen atoms in total. The van der Waals surface area contributed by atoms with Crippen molar-refractivity contribution in [1.29, 1.82) is 0 Å². The number of benzene rings is 1. The summed E-state index contributed by atoms with van der Waals surface area (Å²) >= 11 is 0. The third-order valence-corrected chi connectivity index (χ3v) is 7.23. The van der Waals surface area contributed by atoms with Crippen LogP contribution in [0.25, 0.3) is 6.08 Å². The largest absolute Gasteiger partial charge is 0.350 e. The minimum absolute atomic E-state index is 0.00729. The van der Waals surface area contributed by atoms with Gasteiger partial charge in [-0.2, -0.15) is 0 Å². The van der Waals surface area contributed by atoms with Gasteiger partial charge in [0.15, 0.2) is 9.84 Å². The Kier molecular flexibility index (Phi) is 5.69. The Morgan fingerprint density at radius 3 is 2.44 bits per heavy atom. The first kappa shape index (κ1) is 19.6. The van der Waals surface area contributed by atoms with Gasteiger partial charge < -0.3 is 10.2 Å². The molecule has 2 heterocycles. The monoisotopic (exact) mass is 390 g/mol. The molecule has 0 saturated carbocycles. The van der Waals surface area contributed by atoms with E-state index in [9.17, 15) is 18.0 Å². The number of carbonyl (C=O) groups is 2. The van der Waals surface area contributed by atoms with Gasteiger partial charge in [0.2, 0.25) is 11.8 Å². The van der Waals surface area contributed by atoms with Crippen LogP contribution in [-0.4, -0.2) is 55.3 Å². The zero-order valence-corrected chi connectivity index (χ0v) is 16.4. The van der Waals surface area contributed by atoms with Crippen LogP contribution in [0.4, 0.5) is 0 Å². The van der Waals surface area contributed by atoms with Crippen molar-refractivity contribution in [2.24, 2.45) is 5.92 Å². The van der Waals surface area contributed by atoms with Crippen molar-refractivity contribution < 1.29 is 18.0 Å². The van der Waals surface area contributed by atoms with E-state index in [1.54, 1.807) is 24.0 Å². The van der Waals surface area contributed by atoms with Crippen LogP contribution < -0.4 is 5.32 Å². The van der Waals surface area contributed by atoms with Crippen LogP contribution >= 0.6 is 0 Å². The molecule has 7 heteroatoms. The number of rotatable bonds is 4. The molecule has 27 heavy (non-hydrogen) atoms. The van der Waals surface area contributed by atoms with E-state index in [-0.39, 0.29) is 29.2 Å². The molecular weight excluding hydrogens is 364 g/mol. The van der Waals surface area contributed by atoms with Crippen molar-refractivity contribution in [3.05, 3.63) is 42.0 Å². The van der Waals surface area contributed by atoms with Gasteiger partial charge >= 0.3 is 0 Å². The maximum atomic E-state index is 12.5. The summed E-state index contributed by atoms with van der Waals surface area (Å²) in [5, 5.41) is 2.94. The van der Waals surface area contributed by atoms with Crippen LogP contribution in [0.5, 0.6) is 0 Å². The second-order valence-electron chi connectivity index (χ2n) is 7.74. The van der Waals surface area contributed by atoms with Crippen LogP contribution in [0.2, 0.25) is 0 Å². The second-order valence-corrected chi connectivity index (χ2v) is 9.92. The van der Waals surface area contributed by atoms with Crippen LogP contribution in [0.1, 0.15) is 31.7 Å². The molecule has 2 aliphatic heterocycles. The number of likely N-dealkylation sites (tertiary alicyclic amines) is 1. The molecule has 2 saturated heterocycles. The van der Waals surface area contributed by atoms with E-state index in [1.165, 1.54) is 0 Å². The van der Waals surface area contributed by atoms with Gasteiger partial charge in [0.25, 0.3) is 0 Å². The van der Waals surface area contributed by atoms with E-state index in [0.717, 1.165) is 5.56 Å². The number of hydrogen-bond acceptors (Lipinski definition) is 4. The summed E-state index contributed by atoms with van der Waals surface area (Å²) in [4.78, 5) is 26.6. The highest BCUT2D eigenvalue weighted by Gasteiger charge is 2.40. The van der Waals surface area contributed by atoms with Crippen LogP contribution in [0.3, 0.4) is 0 Å². The smallest absolute Gasteiger partial charge is 0.246 e. The van der Waals surface area contributed by atoms with E-state index in [2.05, 4.69) is 5.32 Å². The van der Waals surface area contributed by atoms with Gasteiger partial charge in [-0.1, -0.05) is 30.3 Å². The van der Waals surface area contributed by atoms with Crippen LogP contribution in [-0.2, 0) is 19.4 Å². The van der Waals surface area contributed by atoms with Gasteiger partial charge in [-0.3, -0.25) is 9.59 Å². The van der Waals surface area contributed by atoms with Gasteiger partial charge in [0, 0.05) is 25.1 Å². The lowest BCUT2D eigenvalue weighted by Crippen LogP contribution is -2.51. The van der Waals surface area contributed by atoms with E-state index < -0.39 is 15.4 Å². The molecule has 3 rings (SSSR count). The summed E-state index contributed by atoms with van der Waals surface area (Å²) in [5.41, 5.74) is 0.307. The summed E-state index contributed by atoms with van der Waals surface area (Å²) in [5.74, 6) is -0.182. The third kappa shape index (κ3) is 5.19. The Morgan fingerprint density at radius 1 is 1.19 bits per heavy atom. The van der Waals surface area contributed by atoms with Crippen molar-refractivity contribution >= 4 is 27.7 Å². The van der Waals surface area contributed by atoms with Crippen molar-refractivity contribution in [3.63, 3.8) is 0 Å². The minimum Gasteiger partial charge on any atom is -0.350 e. The highest BCUT2D eigenvalue weighted by Crippen LogP contribution is 2.25. The third-order valence-electron chi connectivity index (χ3n) is 5.32. The maximum absolute atomic E-state index is 12.5. The second kappa shape index (κ2) is 7.84. The maximum Gasteiger partial charge on any atom is 0.246 e. The average molecular weight is 391 g/mol. The molecule has 0 aliphatic carbocycles. The number of piperidine rings is 1. The topological polar surface area (TPSA) is 83.6 Å². The van der Waals surface area contributed by atoms with E-state index in [1.807, 2.05) is 30.3 Å². The SMILES string of the molecule is C[C@@]1(NC(=O)C2CCN(C(=O)/C=C/c3ccccc3)CC2)CCS(=O)(=O)C1. The van der Waals surface area contributed by atoms with Gasteiger partial charge in [0.1, 0.15) is 0 Å². The predicted octanol–water partition coefficient (Wildman–Crippen LogP) is 1.63. The first-order valence-electron chi connectivity index (χ1n) is 9.31. The van der Waals surface area contributed by atoms with E-state index in [4.69, 9.17) is 0 Å². The molecule has 0 bridgehead atoms. The fourth-order valence-electron chi connectivity index (χ4n) is 3.71. The Labute approximate surface area is 160 Å². The number of nitrogens with one attached hydrogen (secondary N) is 1. The molecule has 0 aromatic heterocycles. The quantitative estimate of drug-likeness (QED) is 0.792. The summed E-state index contributed by atoms with van der Waals surface area (Å²) < 4.78 is 23.4. The number of hydrogen-bond donors (Lipinski definition) is 1. The van der Waals surface area contributed by atoms with Gasteiger partial charge in [-0.15, -0.1) is 0 Å². The molecule has 2 aliphatic rings. The fraction of sp³-hybridized carbons (Fsp3) is 0.500. The molecule has 0 unspecified atom stereocenters. The van der Waals surface area contributed by atoms with Gasteiger partial charge in [-0.25, -0.2) is 8.42 Å². The molecule has 2 fully saturated rings. The molecule has 0 spiro atoms. The zero-order valence-electron chi connectivity index (χ0n) is 15.6. The normalized spacial score (nSPS) is 25.6. The molecule has 1 aromatic rings. The van der Waals surface area contributed by atoms with Crippen LogP contribution in [0.15, 0.2) is 36.4 Å². The minimum atomic E-state index is -3.05. The molecule has 0 radical (unpaired) electrons. The van der Waals surface area contributed by atoms with Gasteiger partial charge in [0.05, 0.1) is 17.0 Å². The molecule has 1 atom stereocenters. The number of amides is 2. The summed E-state index contributed by atoms with van der Waals surface area (Å²) in [6.07, 6.45) is 5.02. The predicted molar refractivity (Wildman–Crippen MR) is 105 cm³/mol. The molecule has 146 valence electrons. The first-order chi connectivity index (χ1) is 12.8. The van der Waals surface area contributed by atoms with Gasteiger partial charge in [-0.05, 0) is 37.8 Å². The highest BCUT2D eigenvalue weighted by molar-refractivity contribution is 7.91. The Hall–Kier alpha value is -2.15. The van der Waals surface area contributed by atoms with E-state index in [0.29, 0.717) is 32.4 Å². The van der Waals surface area contributed by atoms with Crippen molar-refractivity contribution in [2.45, 2.75) is 31.7 Å². The number of sulfone groups is 1. The fourth-order valence-corrected chi connectivity index (χ4v) is 5.80. The lowest BCUT2D eigenvalue weighted by molar-refractivity contribution is -0.132. The number of nitrogens with zero attached hydrogens (tertiary/aromatic N) is 1. The molecule has 2 amide bonds. The van der Waals surface area contributed by atoms with Crippen molar-refractivity contribution in [3.8, 4) is 0 Å².